The molecule has 0 radical (unpaired) electrons. The van der Waals surface area contributed by atoms with Gasteiger partial charge in [-0.25, -0.2) is 0 Å². The number of amides is 1. The Hall–Kier alpha value is -1.49. The predicted molar refractivity (Wildman–Crippen MR) is 100 cm³/mol. The van der Waals surface area contributed by atoms with Crippen molar-refractivity contribution in [2.75, 3.05) is 40.3 Å². The number of aryl methyl sites for hydroxylation is 2. The second kappa shape index (κ2) is 7.50. The van der Waals surface area contributed by atoms with E-state index >= 15 is 0 Å². The summed E-state index contributed by atoms with van der Waals surface area (Å²) >= 11 is 0. The monoisotopic (exact) mass is 399 g/mol. The third-order valence-electron chi connectivity index (χ3n) is 5.84. The number of fused-ring (bicyclic) bond motifs is 1. The summed E-state index contributed by atoms with van der Waals surface area (Å²) < 4.78 is 29.2. The Morgan fingerprint density at radius 3 is 2.67 bits per heavy atom. The molecule has 0 spiro atoms. The quantitative estimate of drug-likeness (QED) is 0.731. The van der Waals surface area contributed by atoms with Gasteiger partial charge in [-0.2, -0.15) is 22.1 Å². The summed E-state index contributed by atoms with van der Waals surface area (Å²) in [7, 11) is -0.511. The van der Waals surface area contributed by atoms with Crippen molar-refractivity contribution in [2.24, 2.45) is 5.92 Å². The third-order valence-corrected chi connectivity index (χ3v) is 7.75. The van der Waals surface area contributed by atoms with E-state index in [0.29, 0.717) is 45.4 Å². The summed E-state index contributed by atoms with van der Waals surface area (Å²) in [6, 6.07) is 1.90. The molecule has 1 N–H and O–H groups in total. The maximum absolute atomic E-state index is 12.6. The first-order valence-corrected chi connectivity index (χ1v) is 10.7. The van der Waals surface area contributed by atoms with Crippen LogP contribution in [-0.4, -0.2) is 88.6 Å². The van der Waals surface area contributed by atoms with Crippen LogP contribution in [0.25, 0.3) is 0 Å². The van der Waals surface area contributed by atoms with Gasteiger partial charge in [0.25, 0.3) is 10.2 Å². The Kier molecular flexibility index (Phi) is 5.62. The molecule has 0 unspecified atom stereocenters. The van der Waals surface area contributed by atoms with Crippen molar-refractivity contribution in [1.29, 1.82) is 0 Å². The number of nitrogens with zero attached hydrogens (tertiary/aromatic N) is 5. The van der Waals surface area contributed by atoms with Crippen molar-refractivity contribution < 1.29 is 18.3 Å². The Morgan fingerprint density at radius 1 is 1.33 bits per heavy atom. The molecule has 9 nitrogen and oxygen atoms in total. The summed E-state index contributed by atoms with van der Waals surface area (Å²) in [4.78, 5) is 14.4. The Morgan fingerprint density at radius 2 is 2.04 bits per heavy atom. The second-order valence-electron chi connectivity index (χ2n) is 7.73. The second-order valence-corrected chi connectivity index (χ2v) is 9.88. The third kappa shape index (κ3) is 4.03. The number of carbonyl (C=O) groups excluding carboxylic acids is 1. The zero-order valence-electron chi connectivity index (χ0n) is 16.2. The number of hydrogen-bond donors (Lipinski definition) is 1. The van der Waals surface area contributed by atoms with Gasteiger partial charge in [-0.3, -0.25) is 9.48 Å². The van der Waals surface area contributed by atoms with Crippen LogP contribution in [0.1, 0.15) is 25.0 Å². The standard InChI is InChI=1S/C17H29N5O4S/c1-14-4-8-18-22(14)9-5-16(23)20-10-6-17(24)7-11-21(13-15(17)12-20)27(25,26)19(2)3/h4,8,15,24H,5-7,9-13H2,1-3H3/t15-,17-/m0/s1. The zero-order valence-corrected chi connectivity index (χ0v) is 17.0. The largest absolute Gasteiger partial charge is 0.389 e. The fraction of sp³-hybridized carbons (Fsp3) is 0.765. The molecule has 27 heavy (non-hydrogen) atoms. The minimum absolute atomic E-state index is 0.0135. The number of aliphatic hydroxyl groups is 1. The number of likely N-dealkylation sites (tertiary alicyclic amines) is 1. The highest BCUT2D eigenvalue weighted by molar-refractivity contribution is 7.86. The van der Waals surface area contributed by atoms with E-state index in [1.54, 1.807) is 15.8 Å². The first-order valence-electron chi connectivity index (χ1n) is 9.30. The number of hydrogen-bond acceptors (Lipinski definition) is 5. The lowest BCUT2D eigenvalue weighted by Crippen LogP contribution is -2.62. The first-order chi connectivity index (χ1) is 12.6. The van der Waals surface area contributed by atoms with Crippen molar-refractivity contribution in [2.45, 2.75) is 38.3 Å². The summed E-state index contributed by atoms with van der Waals surface area (Å²) in [5, 5.41) is 15.1. The van der Waals surface area contributed by atoms with Gasteiger partial charge < -0.3 is 10.0 Å². The Labute approximate surface area is 160 Å². The predicted octanol–water partition coefficient (Wildman–Crippen LogP) is -0.327. The maximum Gasteiger partial charge on any atom is 0.281 e. The molecule has 3 rings (SSSR count). The van der Waals surface area contributed by atoms with Crippen molar-refractivity contribution >= 4 is 16.1 Å². The van der Waals surface area contributed by atoms with Gasteiger partial charge in [-0.1, -0.05) is 0 Å². The van der Waals surface area contributed by atoms with E-state index in [1.807, 2.05) is 13.0 Å². The Bertz CT molecular complexity index is 793. The molecule has 0 aliphatic carbocycles. The summed E-state index contributed by atoms with van der Waals surface area (Å²) in [6.07, 6.45) is 2.94. The topological polar surface area (TPSA) is 99.0 Å². The van der Waals surface area contributed by atoms with E-state index in [4.69, 9.17) is 0 Å². The molecule has 3 heterocycles. The number of rotatable bonds is 5. The number of aromatic nitrogens is 2. The van der Waals surface area contributed by atoms with E-state index in [-0.39, 0.29) is 18.4 Å². The molecule has 0 aromatic carbocycles. The molecule has 10 heteroatoms. The molecule has 2 aliphatic heterocycles. The van der Waals surface area contributed by atoms with E-state index < -0.39 is 15.8 Å². The molecular weight excluding hydrogens is 370 g/mol. The van der Waals surface area contributed by atoms with Crippen LogP contribution in [0.3, 0.4) is 0 Å². The van der Waals surface area contributed by atoms with E-state index in [9.17, 15) is 18.3 Å². The van der Waals surface area contributed by atoms with Crippen molar-refractivity contribution in [1.82, 2.24) is 23.3 Å². The van der Waals surface area contributed by atoms with Gasteiger partial charge in [0, 0.05) is 71.0 Å². The summed E-state index contributed by atoms with van der Waals surface area (Å²) in [5.74, 6) is -0.260. The van der Waals surface area contributed by atoms with Gasteiger partial charge in [-0.05, 0) is 25.8 Å². The van der Waals surface area contributed by atoms with Gasteiger partial charge in [0.2, 0.25) is 5.91 Å². The van der Waals surface area contributed by atoms with Gasteiger partial charge >= 0.3 is 0 Å². The van der Waals surface area contributed by atoms with Crippen LogP contribution in [0.15, 0.2) is 12.3 Å². The van der Waals surface area contributed by atoms with Gasteiger partial charge in [0.05, 0.1) is 5.60 Å². The average Bonchev–Trinajstić information content (AvgIpc) is 3.03. The molecule has 2 atom stereocenters. The molecule has 152 valence electrons. The van der Waals surface area contributed by atoms with Crippen LogP contribution in [0.4, 0.5) is 0 Å². The van der Waals surface area contributed by atoms with Crippen LogP contribution >= 0.6 is 0 Å². The molecule has 2 aliphatic rings. The van der Waals surface area contributed by atoms with Crippen molar-refractivity contribution in [3.8, 4) is 0 Å². The summed E-state index contributed by atoms with van der Waals surface area (Å²) in [5.41, 5.74) is 0.112. The van der Waals surface area contributed by atoms with Crippen molar-refractivity contribution in [3.05, 3.63) is 18.0 Å². The molecule has 0 saturated carbocycles. The number of piperidine rings is 2. The van der Waals surface area contributed by atoms with Gasteiger partial charge in [0.1, 0.15) is 0 Å². The van der Waals surface area contributed by atoms with E-state index in [0.717, 1.165) is 5.69 Å². The molecular formula is C17H29N5O4S. The minimum atomic E-state index is -3.52. The van der Waals surface area contributed by atoms with Crippen LogP contribution in [0.5, 0.6) is 0 Å². The molecule has 0 bridgehead atoms. The van der Waals surface area contributed by atoms with E-state index in [1.165, 1.54) is 22.7 Å². The lowest BCUT2D eigenvalue weighted by Gasteiger charge is -2.50. The first kappa shape index (κ1) is 20.2. The van der Waals surface area contributed by atoms with Gasteiger partial charge in [0.15, 0.2) is 0 Å². The molecule has 1 aromatic heterocycles. The summed E-state index contributed by atoms with van der Waals surface area (Å²) in [6.45, 7) is 3.89. The van der Waals surface area contributed by atoms with Crippen LogP contribution < -0.4 is 0 Å². The molecule has 2 fully saturated rings. The molecule has 2 saturated heterocycles. The lowest BCUT2D eigenvalue weighted by molar-refractivity contribution is -0.144. The fourth-order valence-corrected chi connectivity index (χ4v) is 5.08. The molecule has 1 amide bonds. The highest BCUT2D eigenvalue weighted by Crippen LogP contribution is 2.36. The SMILES string of the molecule is Cc1ccnn1CCC(=O)N1CC[C@]2(O)CCN(S(=O)(=O)N(C)C)C[C@@H]2C1. The molecule has 1 aromatic rings. The maximum atomic E-state index is 12.6. The van der Waals surface area contributed by atoms with Crippen LogP contribution in [-0.2, 0) is 21.5 Å². The zero-order chi connectivity index (χ0) is 19.8. The van der Waals surface area contributed by atoms with Crippen LogP contribution in [0.2, 0.25) is 0 Å². The van der Waals surface area contributed by atoms with Gasteiger partial charge in [-0.15, -0.1) is 0 Å². The van der Waals surface area contributed by atoms with E-state index in [2.05, 4.69) is 5.10 Å². The normalized spacial score (nSPS) is 27.0. The fourth-order valence-electron chi connectivity index (χ4n) is 3.93. The number of carbonyl (C=O) groups is 1. The minimum Gasteiger partial charge on any atom is -0.389 e. The lowest BCUT2D eigenvalue weighted by atomic mass is 9.76. The average molecular weight is 400 g/mol. The Balaban J connectivity index is 1.63. The highest BCUT2D eigenvalue weighted by Gasteiger charge is 2.48. The highest BCUT2D eigenvalue weighted by atomic mass is 32.2. The van der Waals surface area contributed by atoms with Crippen LogP contribution in [0, 0.1) is 12.8 Å². The van der Waals surface area contributed by atoms with Crippen molar-refractivity contribution in [3.63, 3.8) is 0 Å². The smallest absolute Gasteiger partial charge is 0.281 e.